The Bertz CT molecular complexity index is 224. The van der Waals surface area contributed by atoms with Crippen molar-refractivity contribution in [3.8, 4) is 0 Å². The summed E-state index contributed by atoms with van der Waals surface area (Å²) in [5, 5.41) is 3.70. The van der Waals surface area contributed by atoms with Crippen molar-refractivity contribution in [1.29, 1.82) is 0 Å². The minimum absolute atomic E-state index is 0.216. The summed E-state index contributed by atoms with van der Waals surface area (Å²) >= 11 is 0. The number of rotatable bonds is 11. The maximum atomic E-state index is 3.70. The highest BCUT2D eigenvalue weighted by atomic mass is 15.1. The van der Waals surface area contributed by atoms with E-state index in [1.807, 2.05) is 0 Å². The molecule has 0 aliphatic rings. The number of hydrogen-bond donors (Lipinski definition) is 1. The van der Waals surface area contributed by atoms with Gasteiger partial charge in [0.25, 0.3) is 0 Å². The highest BCUT2D eigenvalue weighted by Crippen LogP contribution is 2.23. The topological polar surface area (TPSA) is 15.3 Å². The molecule has 0 amide bonds. The van der Waals surface area contributed by atoms with Crippen LogP contribution in [0.3, 0.4) is 0 Å². The standard InChI is InChI=1S/C18H40N2/c1-8-11-13-20(14-12-9-2)16-18(7,10-3)15-19-17(4,5)6/h19H,8-16H2,1-7H3. The molecule has 0 bridgehead atoms. The molecule has 1 unspecified atom stereocenters. The average molecular weight is 285 g/mol. The number of nitrogens with zero attached hydrogens (tertiary/aromatic N) is 1. The molecule has 0 saturated carbocycles. The first kappa shape index (κ1) is 19.9. The van der Waals surface area contributed by atoms with Gasteiger partial charge in [0.05, 0.1) is 0 Å². The molecule has 0 spiro atoms. The third kappa shape index (κ3) is 9.77. The van der Waals surface area contributed by atoms with Gasteiger partial charge in [-0.25, -0.2) is 0 Å². The summed E-state index contributed by atoms with van der Waals surface area (Å²) in [6, 6.07) is 0. The molecule has 20 heavy (non-hydrogen) atoms. The molecule has 1 N–H and O–H groups in total. The Kier molecular flexibility index (Phi) is 9.74. The van der Waals surface area contributed by atoms with E-state index in [-0.39, 0.29) is 5.54 Å². The lowest BCUT2D eigenvalue weighted by molar-refractivity contribution is 0.143. The van der Waals surface area contributed by atoms with E-state index in [1.54, 1.807) is 0 Å². The van der Waals surface area contributed by atoms with Gasteiger partial charge in [-0.2, -0.15) is 0 Å². The van der Waals surface area contributed by atoms with Crippen LogP contribution in [0.25, 0.3) is 0 Å². The molecule has 0 aliphatic heterocycles. The summed E-state index contributed by atoms with van der Waals surface area (Å²) < 4.78 is 0. The Labute approximate surface area is 128 Å². The highest BCUT2D eigenvalue weighted by molar-refractivity contribution is 4.83. The van der Waals surface area contributed by atoms with E-state index in [0.717, 1.165) is 6.54 Å². The van der Waals surface area contributed by atoms with E-state index in [1.165, 1.54) is 51.7 Å². The highest BCUT2D eigenvalue weighted by Gasteiger charge is 2.26. The van der Waals surface area contributed by atoms with Gasteiger partial charge in [0, 0.05) is 18.6 Å². The molecule has 122 valence electrons. The maximum Gasteiger partial charge on any atom is 0.00967 e. The predicted octanol–water partition coefficient (Wildman–Crippen LogP) is 4.69. The Morgan fingerprint density at radius 2 is 1.35 bits per heavy atom. The van der Waals surface area contributed by atoms with E-state index < -0.39 is 0 Å². The Morgan fingerprint density at radius 3 is 1.70 bits per heavy atom. The molecule has 1 atom stereocenters. The SMILES string of the molecule is CCCCN(CCCC)CC(C)(CC)CNC(C)(C)C. The summed E-state index contributed by atoms with van der Waals surface area (Å²) in [6.45, 7) is 21.0. The molecule has 0 fully saturated rings. The molecule has 2 nitrogen and oxygen atoms in total. The molecule has 0 radical (unpaired) electrons. The van der Waals surface area contributed by atoms with Gasteiger partial charge in [0.2, 0.25) is 0 Å². The third-order valence-corrected chi connectivity index (χ3v) is 4.16. The van der Waals surface area contributed by atoms with Crippen molar-refractivity contribution in [2.45, 2.75) is 86.1 Å². The van der Waals surface area contributed by atoms with Gasteiger partial charge >= 0.3 is 0 Å². The molecule has 0 aromatic carbocycles. The molecule has 0 saturated heterocycles. The van der Waals surface area contributed by atoms with Crippen LogP contribution in [0.1, 0.15) is 80.6 Å². The Hall–Kier alpha value is -0.0800. The largest absolute Gasteiger partial charge is 0.311 e. The van der Waals surface area contributed by atoms with Gasteiger partial charge in [-0.3, -0.25) is 0 Å². The third-order valence-electron chi connectivity index (χ3n) is 4.16. The molecule has 0 heterocycles. The quantitative estimate of drug-likeness (QED) is 0.592. The van der Waals surface area contributed by atoms with Gasteiger partial charge in [-0.15, -0.1) is 0 Å². The molecule has 0 aromatic rings. The molecule has 0 aliphatic carbocycles. The van der Waals surface area contributed by atoms with Crippen LogP contribution in [-0.4, -0.2) is 36.6 Å². The second-order valence-corrected chi connectivity index (χ2v) is 7.75. The number of hydrogen-bond acceptors (Lipinski definition) is 2. The molecular weight excluding hydrogens is 244 g/mol. The van der Waals surface area contributed by atoms with Crippen molar-refractivity contribution < 1.29 is 0 Å². The van der Waals surface area contributed by atoms with Crippen LogP contribution in [0, 0.1) is 5.41 Å². The zero-order chi connectivity index (χ0) is 15.6. The summed E-state index contributed by atoms with van der Waals surface area (Å²) in [5.41, 5.74) is 0.600. The van der Waals surface area contributed by atoms with Crippen LogP contribution < -0.4 is 5.32 Å². The van der Waals surface area contributed by atoms with Crippen LogP contribution in [-0.2, 0) is 0 Å². The Balaban J connectivity index is 4.48. The number of unbranched alkanes of at least 4 members (excludes halogenated alkanes) is 2. The van der Waals surface area contributed by atoms with Gasteiger partial charge in [0.1, 0.15) is 0 Å². The van der Waals surface area contributed by atoms with Gasteiger partial charge in [-0.1, -0.05) is 40.5 Å². The lowest BCUT2D eigenvalue weighted by Crippen LogP contribution is -2.47. The van der Waals surface area contributed by atoms with Crippen molar-refractivity contribution in [2.75, 3.05) is 26.2 Å². The summed E-state index contributed by atoms with van der Waals surface area (Å²) in [7, 11) is 0. The van der Waals surface area contributed by atoms with Gasteiger partial charge in [0.15, 0.2) is 0 Å². The minimum Gasteiger partial charge on any atom is -0.311 e. The molecule has 2 heteroatoms. The van der Waals surface area contributed by atoms with E-state index in [0.29, 0.717) is 5.41 Å². The summed E-state index contributed by atoms with van der Waals surface area (Å²) in [4.78, 5) is 2.70. The van der Waals surface area contributed by atoms with Crippen LogP contribution in [0.2, 0.25) is 0 Å². The zero-order valence-corrected chi connectivity index (χ0v) is 15.3. The second-order valence-electron chi connectivity index (χ2n) is 7.75. The van der Waals surface area contributed by atoms with Crippen LogP contribution >= 0.6 is 0 Å². The second kappa shape index (κ2) is 9.78. The monoisotopic (exact) mass is 284 g/mol. The van der Waals surface area contributed by atoms with E-state index in [9.17, 15) is 0 Å². The van der Waals surface area contributed by atoms with Gasteiger partial charge < -0.3 is 10.2 Å². The van der Waals surface area contributed by atoms with Crippen molar-refractivity contribution in [3.05, 3.63) is 0 Å². The first-order valence-corrected chi connectivity index (χ1v) is 8.73. The predicted molar refractivity (Wildman–Crippen MR) is 92.4 cm³/mol. The zero-order valence-electron chi connectivity index (χ0n) is 15.3. The molecular formula is C18H40N2. The van der Waals surface area contributed by atoms with E-state index in [4.69, 9.17) is 0 Å². The fourth-order valence-corrected chi connectivity index (χ4v) is 2.34. The molecule has 0 rings (SSSR count). The van der Waals surface area contributed by atoms with Crippen LogP contribution in [0.4, 0.5) is 0 Å². The lowest BCUT2D eigenvalue weighted by Gasteiger charge is -2.37. The average Bonchev–Trinajstić information content (AvgIpc) is 2.39. The lowest BCUT2D eigenvalue weighted by atomic mass is 9.85. The van der Waals surface area contributed by atoms with Gasteiger partial charge in [-0.05, 0) is 58.5 Å². The smallest absolute Gasteiger partial charge is 0.00967 e. The summed E-state index contributed by atoms with van der Waals surface area (Å²) in [5.74, 6) is 0. The first-order chi connectivity index (χ1) is 9.26. The molecule has 0 aromatic heterocycles. The first-order valence-electron chi connectivity index (χ1n) is 8.73. The van der Waals surface area contributed by atoms with Crippen LogP contribution in [0.15, 0.2) is 0 Å². The van der Waals surface area contributed by atoms with Crippen molar-refractivity contribution in [2.24, 2.45) is 5.41 Å². The normalized spacial score (nSPS) is 15.6. The van der Waals surface area contributed by atoms with Crippen molar-refractivity contribution in [1.82, 2.24) is 10.2 Å². The Morgan fingerprint density at radius 1 is 0.850 bits per heavy atom. The summed E-state index contributed by atoms with van der Waals surface area (Å²) in [6.07, 6.45) is 6.49. The van der Waals surface area contributed by atoms with Crippen LogP contribution in [0.5, 0.6) is 0 Å². The maximum absolute atomic E-state index is 3.70. The van der Waals surface area contributed by atoms with E-state index >= 15 is 0 Å². The van der Waals surface area contributed by atoms with Crippen molar-refractivity contribution >= 4 is 0 Å². The number of nitrogens with one attached hydrogen (secondary N) is 1. The van der Waals surface area contributed by atoms with E-state index in [2.05, 4.69) is 58.7 Å². The fourth-order valence-electron chi connectivity index (χ4n) is 2.34. The van der Waals surface area contributed by atoms with Crippen molar-refractivity contribution in [3.63, 3.8) is 0 Å². The fraction of sp³-hybridized carbons (Fsp3) is 1.00. The minimum atomic E-state index is 0.216.